The summed E-state index contributed by atoms with van der Waals surface area (Å²) in [4.78, 5) is 34.4. The molecule has 2 heterocycles. The number of hydrogen-bond donors (Lipinski definition) is 2. The number of hydrogen-bond acceptors (Lipinski definition) is 5. The third-order valence-electron chi connectivity index (χ3n) is 9.56. The number of alkyl halides is 3. The third kappa shape index (κ3) is 7.60. The van der Waals surface area contributed by atoms with E-state index in [1.807, 2.05) is 54.6 Å². The van der Waals surface area contributed by atoms with Gasteiger partial charge in [0.1, 0.15) is 5.54 Å². The fraction of sp³-hybridized carbons (Fsp3) is 0.417. The van der Waals surface area contributed by atoms with Gasteiger partial charge in [-0.15, -0.1) is 0 Å². The maximum absolute atomic E-state index is 14.4. The summed E-state index contributed by atoms with van der Waals surface area (Å²) in [5.74, 6) is -0.613. The fourth-order valence-electron chi connectivity index (χ4n) is 6.89. The zero-order valence-corrected chi connectivity index (χ0v) is 27.5. The molecular formula is C36H40F3N5O3S. The second kappa shape index (κ2) is 14.5. The molecule has 2 N–H and O–H groups in total. The number of ether oxygens (including phenoxy) is 1. The summed E-state index contributed by atoms with van der Waals surface area (Å²) >= 11 is 5.63. The number of carbonyl (C=O) groups is 2. The van der Waals surface area contributed by atoms with Gasteiger partial charge in [-0.25, -0.2) is 0 Å². The molecule has 3 aromatic carbocycles. The molecule has 1 atom stereocenters. The van der Waals surface area contributed by atoms with Gasteiger partial charge in [0.25, 0.3) is 0 Å². The number of thiocarbonyl (C=S) groups is 1. The molecule has 6 rings (SSSR count). The number of halogens is 3. The number of carbonyl (C=O) groups excluding carboxylic acids is 2. The highest BCUT2D eigenvalue weighted by Gasteiger charge is 2.47. The average molecular weight is 680 g/mol. The lowest BCUT2D eigenvalue weighted by Gasteiger charge is -2.45. The van der Waals surface area contributed by atoms with Gasteiger partial charge >= 0.3 is 6.18 Å². The average Bonchev–Trinajstić information content (AvgIpc) is 3.47. The Labute approximate surface area is 284 Å². The molecule has 1 aliphatic carbocycles. The molecule has 3 fully saturated rings. The molecule has 3 aromatic rings. The van der Waals surface area contributed by atoms with Crippen LogP contribution in [-0.2, 0) is 27.0 Å². The first-order chi connectivity index (χ1) is 23.1. The molecule has 12 heteroatoms. The molecular weight excluding hydrogens is 639 g/mol. The van der Waals surface area contributed by atoms with Crippen LogP contribution in [0.3, 0.4) is 0 Å². The lowest BCUT2D eigenvalue weighted by atomic mass is 9.78. The highest BCUT2D eigenvalue weighted by atomic mass is 32.1. The van der Waals surface area contributed by atoms with Crippen molar-refractivity contribution in [2.24, 2.45) is 0 Å². The quantitative estimate of drug-likeness (QED) is 0.263. The number of rotatable bonds is 9. The maximum Gasteiger partial charge on any atom is 0.416 e. The summed E-state index contributed by atoms with van der Waals surface area (Å²) in [6, 6.07) is 22.2. The van der Waals surface area contributed by atoms with Gasteiger partial charge in [-0.3, -0.25) is 9.59 Å². The van der Waals surface area contributed by atoms with Crippen LogP contribution in [0.4, 0.5) is 24.5 Å². The molecule has 2 amide bonds. The lowest BCUT2D eigenvalue weighted by molar-refractivity contribution is -0.149. The third-order valence-corrected chi connectivity index (χ3v) is 9.94. The Morgan fingerprint density at radius 1 is 0.938 bits per heavy atom. The SMILES string of the molecule is O=C(CN1CC(c2ccccc2)NC1=S)N(Cc1ccc(C(F)(F)F)cc1)C1(C(=O)Nc2ccc(N3CCOCC3)cc2)CCCCC1. The van der Waals surface area contributed by atoms with Crippen molar-refractivity contribution in [1.82, 2.24) is 15.1 Å². The molecule has 0 radical (unpaired) electrons. The van der Waals surface area contributed by atoms with Gasteiger partial charge in [0, 0.05) is 37.6 Å². The van der Waals surface area contributed by atoms with Crippen LogP contribution in [0.1, 0.15) is 54.8 Å². The molecule has 1 saturated carbocycles. The van der Waals surface area contributed by atoms with E-state index in [2.05, 4.69) is 15.5 Å². The van der Waals surface area contributed by atoms with Crippen LogP contribution in [-0.4, -0.2) is 71.7 Å². The summed E-state index contributed by atoms with van der Waals surface area (Å²) in [5.41, 5.74) is 1.23. The van der Waals surface area contributed by atoms with Crippen molar-refractivity contribution < 1.29 is 27.5 Å². The summed E-state index contributed by atoms with van der Waals surface area (Å²) in [6.45, 7) is 3.28. The van der Waals surface area contributed by atoms with Gasteiger partial charge in [-0.1, -0.05) is 61.7 Å². The Hall–Kier alpha value is -4.16. The standard InChI is InChI=1S/C36H40F3N5O3S/c37-36(38,39)28-11-9-26(10-12-28)23-44(32(45)25-43-24-31(41-34(43)48)27-7-3-1-4-8-27)35(17-5-2-6-18-35)33(46)40-29-13-15-30(16-14-29)42-19-21-47-22-20-42/h1,3-4,7-16,31H,2,5-6,17-25H2,(H,40,46)(H,41,48). The molecule has 254 valence electrons. The second-order valence-corrected chi connectivity index (χ2v) is 13.0. The number of nitrogens with zero attached hydrogens (tertiary/aromatic N) is 3. The van der Waals surface area contributed by atoms with E-state index in [-0.39, 0.29) is 30.9 Å². The highest BCUT2D eigenvalue weighted by Crippen LogP contribution is 2.37. The minimum atomic E-state index is -4.48. The van der Waals surface area contributed by atoms with Crippen molar-refractivity contribution in [2.75, 3.05) is 49.6 Å². The first-order valence-electron chi connectivity index (χ1n) is 16.4. The minimum absolute atomic E-state index is 0.0174. The fourth-order valence-corrected chi connectivity index (χ4v) is 7.17. The van der Waals surface area contributed by atoms with Gasteiger partial charge in [0.15, 0.2) is 5.11 Å². The summed E-state index contributed by atoms with van der Waals surface area (Å²) in [7, 11) is 0. The van der Waals surface area contributed by atoms with E-state index >= 15 is 0 Å². The zero-order chi connectivity index (χ0) is 33.7. The van der Waals surface area contributed by atoms with Crippen molar-refractivity contribution >= 4 is 40.5 Å². The number of benzene rings is 3. The van der Waals surface area contributed by atoms with Gasteiger partial charge < -0.3 is 30.1 Å². The van der Waals surface area contributed by atoms with Crippen molar-refractivity contribution in [2.45, 2.75) is 56.4 Å². The topological polar surface area (TPSA) is 77.2 Å². The molecule has 0 bridgehead atoms. The van der Waals surface area contributed by atoms with Crippen LogP contribution in [0.2, 0.25) is 0 Å². The van der Waals surface area contributed by atoms with Crippen LogP contribution >= 0.6 is 12.2 Å². The lowest BCUT2D eigenvalue weighted by Crippen LogP contribution is -2.61. The largest absolute Gasteiger partial charge is 0.416 e. The number of anilines is 2. The minimum Gasteiger partial charge on any atom is -0.378 e. The van der Waals surface area contributed by atoms with Gasteiger partial charge in [0.2, 0.25) is 11.8 Å². The van der Waals surface area contributed by atoms with Crippen LogP contribution in [0.25, 0.3) is 0 Å². The van der Waals surface area contributed by atoms with E-state index < -0.39 is 17.3 Å². The summed E-state index contributed by atoms with van der Waals surface area (Å²) in [6.07, 6.45) is -1.22. The zero-order valence-electron chi connectivity index (χ0n) is 26.7. The Bertz CT molecular complexity index is 1580. The summed E-state index contributed by atoms with van der Waals surface area (Å²) in [5, 5.41) is 6.82. The van der Waals surface area contributed by atoms with Crippen molar-refractivity contribution in [3.8, 4) is 0 Å². The molecule has 2 saturated heterocycles. The normalized spacial score (nSPS) is 19.5. The molecule has 0 aromatic heterocycles. The Morgan fingerprint density at radius 2 is 1.60 bits per heavy atom. The molecule has 8 nitrogen and oxygen atoms in total. The van der Waals surface area contributed by atoms with Gasteiger partial charge in [-0.2, -0.15) is 13.2 Å². The molecule has 2 aliphatic heterocycles. The maximum atomic E-state index is 14.4. The van der Waals surface area contributed by atoms with E-state index in [0.717, 1.165) is 55.7 Å². The van der Waals surface area contributed by atoms with E-state index in [1.54, 1.807) is 9.80 Å². The van der Waals surface area contributed by atoms with Crippen LogP contribution in [0, 0.1) is 0 Å². The van der Waals surface area contributed by atoms with Gasteiger partial charge in [0.05, 0.1) is 31.4 Å². The molecule has 3 aliphatic rings. The van der Waals surface area contributed by atoms with Crippen molar-refractivity contribution in [3.63, 3.8) is 0 Å². The first-order valence-corrected chi connectivity index (χ1v) is 16.8. The van der Waals surface area contributed by atoms with Gasteiger partial charge in [-0.05, 0) is 72.6 Å². The van der Waals surface area contributed by atoms with Crippen molar-refractivity contribution in [3.05, 3.63) is 95.6 Å². The van der Waals surface area contributed by atoms with E-state index in [0.29, 0.717) is 49.0 Å². The Morgan fingerprint density at radius 3 is 2.25 bits per heavy atom. The monoisotopic (exact) mass is 679 g/mol. The van der Waals surface area contributed by atoms with E-state index in [4.69, 9.17) is 17.0 Å². The van der Waals surface area contributed by atoms with Crippen LogP contribution < -0.4 is 15.5 Å². The number of morpholine rings is 1. The van der Waals surface area contributed by atoms with Crippen LogP contribution in [0.5, 0.6) is 0 Å². The van der Waals surface area contributed by atoms with E-state index in [9.17, 15) is 22.8 Å². The number of nitrogens with one attached hydrogen (secondary N) is 2. The highest BCUT2D eigenvalue weighted by molar-refractivity contribution is 7.80. The molecule has 48 heavy (non-hydrogen) atoms. The van der Waals surface area contributed by atoms with Crippen LogP contribution in [0.15, 0.2) is 78.9 Å². The Kier molecular flexibility index (Phi) is 10.2. The Balaban J connectivity index is 1.27. The molecule has 0 spiro atoms. The molecule has 1 unspecified atom stereocenters. The second-order valence-electron chi connectivity index (χ2n) is 12.7. The first kappa shape index (κ1) is 33.7. The van der Waals surface area contributed by atoms with Crippen molar-refractivity contribution in [1.29, 1.82) is 0 Å². The number of amides is 2. The smallest absolute Gasteiger partial charge is 0.378 e. The summed E-state index contributed by atoms with van der Waals surface area (Å²) < 4.78 is 45.6. The van der Waals surface area contributed by atoms with E-state index in [1.165, 1.54) is 12.1 Å². The predicted octanol–water partition coefficient (Wildman–Crippen LogP) is 6.14. The predicted molar refractivity (Wildman–Crippen MR) is 182 cm³/mol.